The molecule has 0 aliphatic heterocycles. The number of hydrogen-bond acceptors (Lipinski definition) is 3. The largest absolute Gasteiger partial charge is 0.494 e. The average Bonchev–Trinajstić information content (AvgIpc) is 2.93. The Balaban J connectivity index is 2.22. The van der Waals surface area contributed by atoms with E-state index in [0.29, 0.717) is 22.3 Å². The van der Waals surface area contributed by atoms with Crippen molar-refractivity contribution in [3.8, 4) is 5.75 Å². The van der Waals surface area contributed by atoms with E-state index in [4.69, 9.17) is 4.74 Å². The van der Waals surface area contributed by atoms with Crippen LogP contribution in [0.5, 0.6) is 5.75 Å². The van der Waals surface area contributed by atoms with Gasteiger partial charge in [-0.2, -0.15) is 0 Å². The van der Waals surface area contributed by atoms with Gasteiger partial charge in [-0.3, -0.25) is 0 Å². The summed E-state index contributed by atoms with van der Waals surface area (Å²) in [5.74, 6) is -0.409. The predicted molar refractivity (Wildman–Crippen MR) is 93.3 cm³/mol. The molecule has 24 heavy (non-hydrogen) atoms. The molecule has 3 rings (SSSR count). The van der Waals surface area contributed by atoms with E-state index < -0.39 is 15.8 Å². The number of ether oxygens (including phenoxy) is 1. The zero-order chi connectivity index (χ0) is 17.5. The third kappa shape index (κ3) is 2.69. The molecule has 2 aromatic carbocycles. The Bertz CT molecular complexity index is 1050. The molecule has 0 amide bonds. The Kier molecular flexibility index (Phi) is 3.93. The first kappa shape index (κ1) is 16.3. The van der Waals surface area contributed by atoms with Crippen molar-refractivity contribution in [1.82, 2.24) is 3.97 Å². The van der Waals surface area contributed by atoms with E-state index in [9.17, 15) is 12.8 Å². The molecule has 0 fully saturated rings. The normalized spacial score (nSPS) is 11.6. The zero-order valence-electron chi connectivity index (χ0n) is 13.3. The molecule has 0 bridgehead atoms. The van der Waals surface area contributed by atoms with Crippen LogP contribution in [0.15, 0.2) is 55.1 Å². The van der Waals surface area contributed by atoms with Gasteiger partial charge in [-0.05, 0) is 35.4 Å². The molecular weight excluding hydrogens is 329 g/mol. The monoisotopic (exact) mass is 345 g/mol. The van der Waals surface area contributed by atoms with Gasteiger partial charge in [0, 0.05) is 5.39 Å². The van der Waals surface area contributed by atoms with Crippen molar-refractivity contribution < 1.29 is 17.5 Å². The van der Waals surface area contributed by atoms with Gasteiger partial charge in [0.2, 0.25) is 10.0 Å². The van der Waals surface area contributed by atoms with Crippen molar-refractivity contribution in [2.24, 2.45) is 0 Å². The summed E-state index contributed by atoms with van der Waals surface area (Å²) in [5, 5.41) is 0.771. The van der Waals surface area contributed by atoms with Crippen molar-refractivity contribution >= 4 is 26.5 Å². The van der Waals surface area contributed by atoms with E-state index in [0.717, 1.165) is 11.6 Å². The lowest BCUT2D eigenvalue weighted by atomic mass is 10.0. The molecule has 124 valence electrons. The number of benzene rings is 2. The molecule has 4 nitrogen and oxygen atoms in total. The molecule has 0 unspecified atom stereocenters. The first-order valence-electron chi connectivity index (χ1n) is 7.17. The maximum atomic E-state index is 14.0. The number of halogens is 1. The SMILES string of the molecule is C=C(c1ccc(OC)c(F)c1)c1cc2ccccc2n1S(C)(=O)=O. The molecule has 0 aliphatic rings. The van der Waals surface area contributed by atoms with E-state index in [1.54, 1.807) is 24.3 Å². The standard InChI is InChI=1S/C18H16FNO3S/c1-12(13-8-9-18(23-2)15(19)10-13)17-11-14-6-4-5-7-16(14)20(17)24(3,21)22/h4-11H,1H2,2-3H3. The van der Waals surface area contributed by atoms with Crippen LogP contribution in [0.4, 0.5) is 4.39 Å². The molecule has 0 saturated carbocycles. The molecular formula is C18H16FNO3S. The van der Waals surface area contributed by atoms with Gasteiger partial charge < -0.3 is 4.74 Å². The third-order valence-corrected chi connectivity index (χ3v) is 4.86. The van der Waals surface area contributed by atoms with Gasteiger partial charge in [-0.25, -0.2) is 16.8 Å². The van der Waals surface area contributed by atoms with Crippen molar-refractivity contribution in [1.29, 1.82) is 0 Å². The summed E-state index contributed by atoms with van der Waals surface area (Å²) in [6.45, 7) is 3.97. The van der Waals surface area contributed by atoms with Gasteiger partial charge in [-0.1, -0.05) is 30.8 Å². The number of rotatable bonds is 4. The van der Waals surface area contributed by atoms with Gasteiger partial charge >= 0.3 is 0 Å². The minimum Gasteiger partial charge on any atom is -0.494 e. The van der Waals surface area contributed by atoms with Crippen molar-refractivity contribution in [3.63, 3.8) is 0 Å². The van der Waals surface area contributed by atoms with Crippen molar-refractivity contribution in [2.75, 3.05) is 13.4 Å². The van der Waals surface area contributed by atoms with Crippen molar-refractivity contribution in [2.45, 2.75) is 0 Å². The van der Waals surface area contributed by atoms with Gasteiger partial charge in [0.25, 0.3) is 0 Å². The summed E-state index contributed by atoms with van der Waals surface area (Å²) in [4.78, 5) is 0. The smallest absolute Gasteiger partial charge is 0.236 e. The molecule has 0 atom stereocenters. The van der Waals surface area contributed by atoms with E-state index >= 15 is 0 Å². The lowest BCUT2D eigenvalue weighted by molar-refractivity contribution is 0.386. The highest BCUT2D eigenvalue weighted by Crippen LogP contribution is 2.31. The van der Waals surface area contributed by atoms with Gasteiger partial charge in [0.15, 0.2) is 11.6 Å². The van der Waals surface area contributed by atoms with Crippen molar-refractivity contribution in [3.05, 3.63) is 72.2 Å². The Labute approximate surface area is 139 Å². The van der Waals surface area contributed by atoms with Gasteiger partial charge in [0.05, 0.1) is 24.6 Å². The molecule has 6 heteroatoms. The molecule has 3 aromatic rings. The van der Waals surface area contributed by atoms with Crippen LogP contribution in [0.25, 0.3) is 16.5 Å². The molecule has 0 aliphatic carbocycles. The van der Waals surface area contributed by atoms with Crippen LogP contribution < -0.4 is 4.74 Å². The van der Waals surface area contributed by atoms with Crippen LogP contribution in [0, 0.1) is 5.82 Å². The van der Waals surface area contributed by atoms with Crippen LogP contribution in [0.2, 0.25) is 0 Å². The fourth-order valence-corrected chi connectivity index (χ4v) is 3.74. The number of para-hydroxylation sites is 1. The van der Waals surface area contributed by atoms with Crippen LogP contribution in [-0.4, -0.2) is 25.8 Å². The lowest BCUT2D eigenvalue weighted by Gasteiger charge is -2.12. The fraction of sp³-hybridized carbons (Fsp3) is 0.111. The second kappa shape index (κ2) is 5.79. The van der Waals surface area contributed by atoms with E-state index in [1.807, 2.05) is 12.1 Å². The maximum Gasteiger partial charge on any atom is 0.236 e. The quantitative estimate of drug-likeness (QED) is 0.725. The Morgan fingerprint density at radius 3 is 2.50 bits per heavy atom. The topological polar surface area (TPSA) is 48.3 Å². The molecule has 0 spiro atoms. The minimum absolute atomic E-state index is 0.121. The first-order chi connectivity index (χ1) is 11.3. The second-order valence-corrected chi connectivity index (χ2v) is 7.27. The number of methoxy groups -OCH3 is 1. The number of aromatic nitrogens is 1. The van der Waals surface area contributed by atoms with E-state index in [-0.39, 0.29) is 5.75 Å². The lowest BCUT2D eigenvalue weighted by Crippen LogP contribution is -2.12. The number of fused-ring (bicyclic) bond motifs is 1. The summed E-state index contributed by atoms with van der Waals surface area (Å²) in [6.07, 6.45) is 1.13. The second-order valence-electron chi connectivity index (χ2n) is 5.44. The molecule has 1 heterocycles. The fourth-order valence-electron chi connectivity index (χ4n) is 2.70. The van der Waals surface area contributed by atoms with Crippen LogP contribution in [0.1, 0.15) is 11.3 Å². The minimum atomic E-state index is -3.56. The highest BCUT2D eigenvalue weighted by atomic mass is 32.2. The Hall–Kier alpha value is -2.60. The molecule has 1 aromatic heterocycles. The van der Waals surface area contributed by atoms with Gasteiger partial charge in [0.1, 0.15) is 0 Å². The average molecular weight is 345 g/mol. The highest BCUT2D eigenvalue weighted by molar-refractivity contribution is 7.89. The molecule has 0 radical (unpaired) electrons. The highest BCUT2D eigenvalue weighted by Gasteiger charge is 2.19. The molecule has 0 N–H and O–H groups in total. The summed E-state index contributed by atoms with van der Waals surface area (Å²) in [7, 11) is -2.17. The first-order valence-corrected chi connectivity index (χ1v) is 9.02. The Morgan fingerprint density at radius 1 is 1.17 bits per heavy atom. The summed E-state index contributed by atoms with van der Waals surface area (Å²) < 4.78 is 44.6. The van der Waals surface area contributed by atoms with Crippen LogP contribution in [-0.2, 0) is 10.0 Å². The summed E-state index contributed by atoms with van der Waals surface area (Å²) >= 11 is 0. The summed E-state index contributed by atoms with van der Waals surface area (Å²) in [6, 6.07) is 13.3. The number of nitrogens with zero attached hydrogens (tertiary/aromatic N) is 1. The predicted octanol–water partition coefficient (Wildman–Crippen LogP) is 3.66. The summed E-state index contributed by atoms with van der Waals surface area (Å²) in [5.41, 5.74) is 1.87. The van der Waals surface area contributed by atoms with E-state index in [2.05, 4.69) is 6.58 Å². The van der Waals surface area contributed by atoms with Gasteiger partial charge in [-0.15, -0.1) is 0 Å². The van der Waals surface area contributed by atoms with E-state index in [1.165, 1.54) is 23.2 Å². The maximum absolute atomic E-state index is 14.0. The molecule has 0 saturated heterocycles. The Morgan fingerprint density at radius 2 is 1.88 bits per heavy atom. The van der Waals surface area contributed by atoms with Crippen LogP contribution >= 0.6 is 0 Å². The zero-order valence-corrected chi connectivity index (χ0v) is 14.1. The third-order valence-electron chi connectivity index (χ3n) is 3.81. The number of hydrogen-bond donors (Lipinski definition) is 0. The van der Waals surface area contributed by atoms with Crippen LogP contribution in [0.3, 0.4) is 0 Å².